The number of allylic oxidation sites excluding steroid dienone is 2. The van der Waals surface area contributed by atoms with Crippen molar-refractivity contribution >= 4 is 44.3 Å². The van der Waals surface area contributed by atoms with E-state index in [1.807, 2.05) is 30.3 Å². The van der Waals surface area contributed by atoms with E-state index in [0.29, 0.717) is 0 Å². The van der Waals surface area contributed by atoms with Gasteiger partial charge in [0, 0.05) is 0 Å². The van der Waals surface area contributed by atoms with E-state index in [-0.39, 0.29) is 0 Å². The van der Waals surface area contributed by atoms with Gasteiger partial charge in [0.15, 0.2) is 0 Å². The second kappa shape index (κ2) is 13.0. The topological polar surface area (TPSA) is 24.4 Å². The summed E-state index contributed by atoms with van der Waals surface area (Å²) >= 11 is 10.9. The van der Waals surface area contributed by atoms with Crippen molar-refractivity contribution in [1.82, 2.24) is 0 Å². The first kappa shape index (κ1) is 24.7. The summed E-state index contributed by atoms with van der Waals surface area (Å²) in [7, 11) is 0. The Kier molecular flexibility index (Phi) is 11.8. The molecule has 2 nitrogen and oxygen atoms in total. The standard InChI is InChI=1S/C22H37BrClN2P/c1-4-7-16-27(23,17-8-5-2,18-9-6-3)19-15-21(24)20-25-26-22-13-11-10-12-14-22/h10-15,20,26H,4-9,16-19H2,1-3H3. The minimum absolute atomic E-state index is 0.719. The van der Waals surface area contributed by atoms with Crippen molar-refractivity contribution in [3.05, 3.63) is 41.4 Å². The molecule has 1 rings (SSSR count). The van der Waals surface area contributed by atoms with Crippen LogP contribution in [0.4, 0.5) is 5.69 Å². The Morgan fingerprint density at radius 2 is 1.52 bits per heavy atom. The first-order chi connectivity index (χ1) is 13.0. The average molecular weight is 476 g/mol. The molecule has 0 fully saturated rings. The maximum atomic E-state index is 6.49. The molecule has 1 aromatic carbocycles. The molecule has 1 N–H and O–H groups in total. The third-order valence-electron chi connectivity index (χ3n) is 5.11. The molecule has 0 unspecified atom stereocenters. The van der Waals surface area contributed by atoms with E-state index in [1.54, 1.807) is 6.21 Å². The van der Waals surface area contributed by atoms with E-state index in [0.717, 1.165) is 16.9 Å². The van der Waals surface area contributed by atoms with Crippen LogP contribution in [0.25, 0.3) is 0 Å². The molecule has 0 saturated heterocycles. The molecule has 0 saturated carbocycles. The Morgan fingerprint density at radius 1 is 1.00 bits per heavy atom. The zero-order valence-electron chi connectivity index (χ0n) is 17.3. The first-order valence-corrected chi connectivity index (χ1v) is 15.7. The first-order valence-electron chi connectivity index (χ1n) is 10.4. The van der Waals surface area contributed by atoms with Crippen molar-refractivity contribution in [1.29, 1.82) is 0 Å². The van der Waals surface area contributed by atoms with Crippen molar-refractivity contribution in [2.75, 3.05) is 30.1 Å². The van der Waals surface area contributed by atoms with Crippen LogP contribution in [0.5, 0.6) is 0 Å². The van der Waals surface area contributed by atoms with Crippen LogP contribution < -0.4 is 5.43 Å². The fourth-order valence-electron chi connectivity index (χ4n) is 3.32. The number of para-hydroxylation sites is 1. The summed E-state index contributed by atoms with van der Waals surface area (Å²) in [6, 6.07) is 9.93. The Hall–Kier alpha value is -0.370. The molecule has 5 heteroatoms. The predicted octanol–water partition coefficient (Wildman–Crippen LogP) is 8.47. The van der Waals surface area contributed by atoms with Crippen LogP contribution >= 0.6 is 32.4 Å². The van der Waals surface area contributed by atoms with Gasteiger partial charge in [0.1, 0.15) is 0 Å². The van der Waals surface area contributed by atoms with Gasteiger partial charge in [-0.05, 0) is 0 Å². The molecular formula is C22H37BrClN2P. The number of halogens is 2. The number of unbranched alkanes of at least 4 members (excludes halogenated alkanes) is 3. The van der Waals surface area contributed by atoms with Gasteiger partial charge in [-0.1, -0.05) is 0 Å². The molecule has 0 aliphatic rings. The summed E-state index contributed by atoms with van der Waals surface area (Å²) in [6.07, 6.45) is 16.6. The number of hydrazone groups is 1. The van der Waals surface area contributed by atoms with Gasteiger partial charge in [0.25, 0.3) is 0 Å². The van der Waals surface area contributed by atoms with Crippen LogP contribution in [0.15, 0.2) is 46.5 Å². The summed E-state index contributed by atoms with van der Waals surface area (Å²) in [6.45, 7) is 6.87. The van der Waals surface area contributed by atoms with Crippen molar-refractivity contribution in [2.24, 2.45) is 5.10 Å². The molecule has 0 aliphatic heterocycles. The number of benzene rings is 1. The van der Waals surface area contributed by atoms with Gasteiger partial charge in [-0.25, -0.2) is 0 Å². The van der Waals surface area contributed by atoms with Crippen LogP contribution in [-0.4, -0.2) is 30.9 Å². The molecular weight excluding hydrogens is 439 g/mol. The quantitative estimate of drug-likeness (QED) is 0.163. The molecule has 0 spiro atoms. The number of anilines is 1. The molecule has 154 valence electrons. The van der Waals surface area contributed by atoms with Gasteiger partial charge in [0.05, 0.1) is 0 Å². The molecule has 0 radical (unpaired) electrons. The van der Waals surface area contributed by atoms with Crippen LogP contribution in [0.1, 0.15) is 59.3 Å². The van der Waals surface area contributed by atoms with Crippen molar-refractivity contribution in [2.45, 2.75) is 59.3 Å². The second-order valence-corrected chi connectivity index (χ2v) is 19.4. The van der Waals surface area contributed by atoms with Crippen molar-refractivity contribution in [3.8, 4) is 0 Å². The Balaban J connectivity index is 2.85. The molecule has 0 heterocycles. The van der Waals surface area contributed by atoms with Gasteiger partial charge in [-0.15, -0.1) is 0 Å². The summed E-state index contributed by atoms with van der Waals surface area (Å²) in [5.74, 6) is 0. The second-order valence-electron chi connectivity index (χ2n) is 7.56. The number of nitrogens with one attached hydrogen (secondary N) is 1. The molecule has 0 aliphatic carbocycles. The fraction of sp³-hybridized carbons (Fsp3) is 0.591. The Morgan fingerprint density at radius 3 is 2.00 bits per heavy atom. The zero-order valence-corrected chi connectivity index (χ0v) is 20.5. The molecule has 0 amide bonds. The summed E-state index contributed by atoms with van der Waals surface area (Å²) in [5, 5.41) is 3.05. The minimum atomic E-state index is -1.94. The molecule has 0 aromatic heterocycles. The third kappa shape index (κ3) is 9.59. The van der Waals surface area contributed by atoms with Crippen LogP contribution in [0.2, 0.25) is 0 Å². The van der Waals surface area contributed by atoms with Gasteiger partial charge in [0.2, 0.25) is 0 Å². The Bertz CT molecular complexity index is 565. The molecule has 0 bridgehead atoms. The van der Waals surface area contributed by atoms with Gasteiger partial charge in [-0.2, -0.15) is 0 Å². The third-order valence-corrected chi connectivity index (χ3v) is 14.8. The van der Waals surface area contributed by atoms with E-state index < -0.39 is 5.31 Å². The Labute approximate surface area is 179 Å². The van der Waals surface area contributed by atoms with E-state index in [9.17, 15) is 0 Å². The summed E-state index contributed by atoms with van der Waals surface area (Å²) < 4.78 is 0. The normalized spacial score (nSPS) is 14.3. The monoisotopic (exact) mass is 474 g/mol. The SMILES string of the molecule is CCCCP(Br)(CC=C(Cl)C=NNc1ccccc1)(CCCC)CCCC. The van der Waals surface area contributed by atoms with Gasteiger partial charge < -0.3 is 0 Å². The van der Waals surface area contributed by atoms with Gasteiger partial charge >= 0.3 is 180 Å². The number of nitrogens with zero attached hydrogens (tertiary/aromatic N) is 1. The van der Waals surface area contributed by atoms with Crippen molar-refractivity contribution < 1.29 is 0 Å². The predicted molar refractivity (Wildman–Crippen MR) is 133 cm³/mol. The van der Waals surface area contributed by atoms with E-state index in [4.69, 9.17) is 11.6 Å². The number of hydrogen-bond acceptors (Lipinski definition) is 2. The molecule has 1 aromatic rings. The van der Waals surface area contributed by atoms with E-state index >= 15 is 0 Å². The van der Waals surface area contributed by atoms with E-state index in [1.165, 1.54) is 57.0 Å². The number of hydrogen-bond donors (Lipinski definition) is 1. The van der Waals surface area contributed by atoms with Crippen LogP contribution in [-0.2, 0) is 0 Å². The van der Waals surface area contributed by atoms with Crippen LogP contribution in [0.3, 0.4) is 0 Å². The van der Waals surface area contributed by atoms with Crippen molar-refractivity contribution in [3.63, 3.8) is 0 Å². The molecule has 27 heavy (non-hydrogen) atoms. The summed E-state index contributed by atoms with van der Waals surface area (Å²) in [4.78, 5) is 0. The zero-order chi connectivity index (χ0) is 20.0. The molecule has 0 atom stereocenters. The summed E-state index contributed by atoms with van der Waals surface area (Å²) in [5.41, 5.74) is 3.99. The fourth-order valence-corrected chi connectivity index (χ4v) is 11.4. The number of rotatable bonds is 14. The van der Waals surface area contributed by atoms with Gasteiger partial charge in [-0.3, -0.25) is 0 Å². The maximum absolute atomic E-state index is 6.49. The van der Waals surface area contributed by atoms with Crippen LogP contribution in [0, 0.1) is 0 Å². The van der Waals surface area contributed by atoms with E-state index in [2.05, 4.69) is 52.9 Å². The average Bonchev–Trinajstić information content (AvgIpc) is 2.69.